The first-order chi connectivity index (χ1) is 11.7. The summed E-state index contributed by atoms with van der Waals surface area (Å²) in [6, 6.07) is 6.47. The van der Waals surface area contributed by atoms with Crippen molar-refractivity contribution in [1.29, 1.82) is 0 Å². The predicted molar refractivity (Wildman–Crippen MR) is 102 cm³/mol. The first-order valence-corrected chi connectivity index (χ1v) is 9.15. The highest BCUT2D eigenvalue weighted by Gasteiger charge is 2.26. The fraction of sp³-hybridized carbons (Fsp3) is 0.412. The quantitative estimate of drug-likeness (QED) is 0.625. The van der Waals surface area contributed by atoms with Crippen LogP contribution in [0.5, 0.6) is 0 Å². The molecule has 1 aromatic carbocycles. The van der Waals surface area contributed by atoms with Crippen molar-refractivity contribution in [3.63, 3.8) is 0 Å². The number of thioether (sulfide) groups is 1. The van der Waals surface area contributed by atoms with Crippen LogP contribution in [0.15, 0.2) is 24.3 Å². The number of carbonyl (C=O) groups excluding carboxylic acids is 3. The molecule has 2 rings (SSSR count). The van der Waals surface area contributed by atoms with Crippen LogP contribution in [0.25, 0.3) is 0 Å². The van der Waals surface area contributed by atoms with Gasteiger partial charge in [-0.2, -0.15) is 0 Å². The fourth-order valence-corrected chi connectivity index (χ4v) is 3.18. The summed E-state index contributed by atoms with van der Waals surface area (Å²) in [7, 11) is 0. The van der Waals surface area contributed by atoms with Gasteiger partial charge in [0.05, 0.1) is 11.3 Å². The second kappa shape index (κ2) is 7.97. The molecule has 0 atom stereocenters. The minimum atomic E-state index is -0.560. The number of benzene rings is 1. The molecule has 0 saturated carbocycles. The van der Waals surface area contributed by atoms with Gasteiger partial charge >= 0.3 is 5.97 Å². The van der Waals surface area contributed by atoms with E-state index in [9.17, 15) is 14.4 Å². The molecule has 25 heavy (non-hydrogen) atoms. The average molecular weight is 380 g/mol. The minimum absolute atomic E-state index is 0.0653. The third-order valence-electron chi connectivity index (χ3n) is 3.21. The highest BCUT2D eigenvalue weighted by molar-refractivity contribution is 8.23. The van der Waals surface area contributed by atoms with Crippen LogP contribution in [-0.2, 0) is 14.3 Å². The zero-order chi connectivity index (χ0) is 18.6. The summed E-state index contributed by atoms with van der Waals surface area (Å²) in [5, 5.41) is 2.73. The predicted octanol–water partition coefficient (Wildman–Crippen LogP) is 2.83. The molecule has 0 aliphatic carbocycles. The molecule has 1 fully saturated rings. The Morgan fingerprint density at radius 3 is 2.44 bits per heavy atom. The van der Waals surface area contributed by atoms with Gasteiger partial charge in [0.2, 0.25) is 11.8 Å². The number of anilines is 1. The Morgan fingerprint density at radius 1 is 1.28 bits per heavy atom. The molecular formula is C17H20N2O4S2. The molecular weight excluding hydrogens is 360 g/mol. The van der Waals surface area contributed by atoms with Gasteiger partial charge in [-0.15, -0.1) is 0 Å². The number of rotatable bonds is 5. The van der Waals surface area contributed by atoms with E-state index in [0.717, 1.165) is 0 Å². The van der Waals surface area contributed by atoms with Crippen LogP contribution in [-0.4, -0.2) is 44.9 Å². The number of hydrogen-bond donors (Lipinski definition) is 1. The zero-order valence-electron chi connectivity index (χ0n) is 14.3. The van der Waals surface area contributed by atoms with Gasteiger partial charge in [-0.25, -0.2) is 4.79 Å². The maximum Gasteiger partial charge on any atom is 0.338 e. The highest BCUT2D eigenvalue weighted by atomic mass is 32.2. The van der Waals surface area contributed by atoms with Gasteiger partial charge in [-0.05, 0) is 45.0 Å². The van der Waals surface area contributed by atoms with Gasteiger partial charge in [-0.3, -0.25) is 14.5 Å². The van der Waals surface area contributed by atoms with Crippen molar-refractivity contribution >= 4 is 51.8 Å². The van der Waals surface area contributed by atoms with E-state index in [1.165, 1.54) is 16.7 Å². The molecule has 134 valence electrons. The minimum Gasteiger partial charge on any atom is -0.456 e. The van der Waals surface area contributed by atoms with Crippen molar-refractivity contribution in [2.75, 3.05) is 17.6 Å². The molecule has 1 heterocycles. The van der Waals surface area contributed by atoms with E-state index < -0.39 is 11.6 Å². The van der Waals surface area contributed by atoms with Crippen molar-refractivity contribution < 1.29 is 19.1 Å². The Kier molecular flexibility index (Phi) is 6.18. The normalized spacial score (nSPS) is 14.6. The van der Waals surface area contributed by atoms with Crippen LogP contribution in [0, 0.1) is 0 Å². The number of amides is 2. The lowest BCUT2D eigenvalue weighted by molar-refractivity contribution is -0.124. The smallest absolute Gasteiger partial charge is 0.338 e. The Hall–Kier alpha value is -1.93. The number of nitrogens with one attached hydrogen (secondary N) is 1. The summed E-state index contributed by atoms with van der Waals surface area (Å²) in [6.45, 7) is 5.67. The summed E-state index contributed by atoms with van der Waals surface area (Å²) >= 11 is 6.38. The molecule has 0 aromatic heterocycles. The lowest BCUT2D eigenvalue weighted by atomic mass is 10.1. The standard InChI is InChI=1S/C17H20N2O4S2/c1-17(2,3)23-15(22)11-4-6-12(7-5-11)18-13(20)8-9-19-14(21)10-25-16(19)24/h4-7H,8-10H2,1-3H3,(H,18,20). The van der Waals surface area contributed by atoms with Crippen LogP contribution in [0.4, 0.5) is 5.69 Å². The molecule has 0 spiro atoms. The maximum atomic E-state index is 12.0. The lowest BCUT2D eigenvalue weighted by Gasteiger charge is -2.19. The molecule has 2 amide bonds. The molecule has 0 radical (unpaired) electrons. The zero-order valence-corrected chi connectivity index (χ0v) is 16.0. The summed E-state index contributed by atoms with van der Waals surface area (Å²) in [6.07, 6.45) is 0.153. The van der Waals surface area contributed by atoms with Crippen LogP contribution in [0.3, 0.4) is 0 Å². The third-order valence-corrected chi connectivity index (χ3v) is 4.64. The molecule has 1 aliphatic heterocycles. The molecule has 6 nitrogen and oxygen atoms in total. The van der Waals surface area contributed by atoms with Gasteiger partial charge in [0.15, 0.2) is 0 Å². The summed E-state index contributed by atoms with van der Waals surface area (Å²) in [4.78, 5) is 37.0. The van der Waals surface area contributed by atoms with Crippen molar-refractivity contribution in [1.82, 2.24) is 4.90 Å². The molecule has 1 saturated heterocycles. The van der Waals surface area contributed by atoms with Crippen LogP contribution in [0.2, 0.25) is 0 Å². The van der Waals surface area contributed by atoms with Gasteiger partial charge in [0.25, 0.3) is 0 Å². The average Bonchev–Trinajstić information content (AvgIpc) is 2.83. The Bertz CT molecular complexity index is 680. The van der Waals surface area contributed by atoms with Crippen molar-refractivity contribution in [2.45, 2.75) is 32.8 Å². The maximum absolute atomic E-state index is 12.0. The van der Waals surface area contributed by atoms with Crippen LogP contribution < -0.4 is 5.32 Å². The molecule has 0 bridgehead atoms. The van der Waals surface area contributed by atoms with Crippen molar-refractivity contribution in [3.8, 4) is 0 Å². The van der Waals surface area contributed by atoms with E-state index in [1.54, 1.807) is 45.0 Å². The Morgan fingerprint density at radius 2 is 1.92 bits per heavy atom. The molecule has 1 aliphatic rings. The van der Waals surface area contributed by atoms with Gasteiger partial charge in [-0.1, -0.05) is 24.0 Å². The number of ether oxygens (including phenoxy) is 1. The topological polar surface area (TPSA) is 75.7 Å². The van der Waals surface area contributed by atoms with Gasteiger partial charge in [0, 0.05) is 18.7 Å². The number of thiocarbonyl (C=S) groups is 1. The highest BCUT2D eigenvalue weighted by Crippen LogP contribution is 2.19. The van der Waals surface area contributed by atoms with E-state index in [2.05, 4.69) is 5.32 Å². The number of carbonyl (C=O) groups is 3. The van der Waals surface area contributed by atoms with E-state index in [0.29, 0.717) is 21.3 Å². The number of esters is 1. The summed E-state index contributed by atoms with van der Waals surface area (Å²) in [5.41, 5.74) is 0.426. The second-order valence-electron chi connectivity index (χ2n) is 6.48. The Balaban J connectivity index is 1.86. The third kappa shape index (κ3) is 5.82. The second-order valence-corrected chi connectivity index (χ2v) is 8.09. The van der Waals surface area contributed by atoms with Gasteiger partial charge < -0.3 is 10.1 Å². The lowest BCUT2D eigenvalue weighted by Crippen LogP contribution is -2.31. The molecule has 8 heteroatoms. The largest absolute Gasteiger partial charge is 0.456 e. The Labute approximate surface area is 156 Å². The van der Waals surface area contributed by atoms with E-state index >= 15 is 0 Å². The molecule has 1 N–H and O–H groups in total. The monoisotopic (exact) mass is 380 g/mol. The van der Waals surface area contributed by atoms with E-state index in [1.807, 2.05) is 0 Å². The number of hydrogen-bond acceptors (Lipinski definition) is 6. The van der Waals surface area contributed by atoms with E-state index in [4.69, 9.17) is 17.0 Å². The first-order valence-electron chi connectivity index (χ1n) is 7.76. The van der Waals surface area contributed by atoms with Crippen molar-refractivity contribution in [2.24, 2.45) is 0 Å². The molecule has 0 unspecified atom stereocenters. The van der Waals surface area contributed by atoms with Crippen LogP contribution in [0.1, 0.15) is 37.6 Å². The fourth-order valence-electron chi connectivity index (χ4n) is 2.06. The molecule has 1 aromatic rings. The number of nitrogens with zero attached hydrogens (tertiary/aromatic N) is 1. The summed E-state index contributed by atoms with van der Waals surface area (Å²) < 4.78 is 5.80. The van der Waals surface area contributed by atoms with Gasteiger partial charge in [0.1, 0.15) is 9.92 Å². The first kappa shape index (κ1) is 19.4. The SMILES string of the molecule is CC(C)(C)OC(=O)c1ccc(NC(=O)CCN2C(=O)CSC2=S)cc1. The van der Waals surface area contributed by atoms with Crippen molar-refractivity contribution in [3.05, 3.63) is 29.8 Å². The van der Waals surface area contributed by atoms with E-state index in [-0.39, 0.29) is 24.8 Å². The summed E-state index contributed by atoms with van der Waals surface area (Å²) in [5.74, 6) is -0.363. The van der Waals surface area contributed by atoms with Crippen LogP contribution >= 0.6 is 24.0 Å².